The Morgan fingerprint density at radius 3 is 2.46 bits per heavy atom. The third-order valence-corrected chi connectivity index (χ3v) is 3.89. The molecule has 148 valence electrons. The van der Waals surface area contributed by atoms with Crippen LogP contribution in [-0.4, -0.2) is 69.5 Å². The molecule has 0 saturated carbocycles. The van der Waals surface area contributed by atoms with E-state index in [2.05, 4.69) is 10.6 Å². The Labute approximate surface area is 156 Å². The third-order valence-electron chi connectivity index (χ3n) is 3.89. The van der Waals surface area contributed by atoms with Gasteiger partial charge in [0.1, 0.15) is 6.04 Å². The number of alkyl halides is 3. The van der Waals surface area contributed by atoms with Crippen LogP contribution in [0.4, 0.5) is 13.2 Å². The minimum Gasteiger partial charge on any atom is -0.493 e. The zero-order chi connectivity index (χ0) is 18.3. The minimum atomic E-state index is -4.41. The zero-order valence-corrected chi connectivity index (χ0v) is 15.2. The smallest absolute Gasteiger partial charge is 0.405 e. The molecule has 0 aromatic heterocycles. The number of carbonyl (C=O) groups excluding carboxylic acids is 1. The van der Waals surface area contributed by atoms with E-state index in [4.69, 9.17) is 9.47 Å². The number of piperazine rings is 1. The van der Waals surface area contributed by atoms with Crippen molar-refractivity contribution in [1.82, 2.24) is 15.5 Å². The first-order valence-electron chi connectivity index (χ1n) is 7.96. The maximum atomic E-state index is 13.2. The van der Waals surface area contributed by atoms with Crippen molar-refractivity contribution in [3.8, 4) is 11.5 Å². The molecule has 0 spiro atoms. The first-order valence-corrected chi connectivity index (χ1v) is 7.96. The second kappa shape index (κ2) is 10.4. The van der Waals surface area contributed by atoms with Crippen LogP contribution >= 0.6 is 12.4 Å². The van der Waals surface area contributed by atoms with Crippen LogP contribution < -0.4 is 20.1 Å². The van der Waals surface area contributed by atoms with E-state index >= 15 is 0 Å². The summed E-state index contributed by atoms with van der Waals surface area (Å²) in [6, 6.07) is 5.03. The van der Waals surface area contributed by atoms with Crippen LogP contribution in [0.1, 0.15) is 0 Å². The number of amides is 1. The van der Waals surface area contributed by atoms with Crippen molar-refractivity contribution < 1.29 is 27.4 Å². The molecule has 26 heavy (non-hydrogen) atoms. The monoisotopic (exact) mass is 397 g/mol. The van der Waals surface area contributed by atoms with E-state index in [9.17, 15) is 18.0 Å². The topological polar surface area (TPSA) is 62.8 Å². The van der Waals surface area contributed by atoms with Gasteiger partial charge in [-0.15, -0.1) is 12.4 Å². The van der Waals surface area contributed by atoms with Crippen molar-refractivity contribution in [2.45, 2.75) is 12.2 Å². The van der Waals surface area contributed by atoms with E-state index in [1.807, 2.05) is 0 Å². The lowest BCUT2D eigenvalue weighted by atomic mass is 10.2. The van der Waals surface area contributed by atoms with Crippen molar-refractivity contribution in [3.05, 3.63) is 24.3 Å². The molecule has 1 atom stereocenters. The predicted molar refractivity (Wildman–Crippen MR) is 93.0 cm³/mol. The van der Waals surface area contributed by atoms with Gasteiger partial charge in [0.15, 0.2) is 18.1 Å². The summed E-state index contributed by atoms with van der Waals surface area (Å²) in [7, 11) is 1.46. The lowest BCUT2D eigenvalue weighted by molar-refractivity contribution is -0.184. The first kappa shape index (κ1) is 22.3. The fraction of sp³-hybridized carbons (Fsp3) is 0.562. The van der Waals surface area contributed by atoms with E-state index in [0.717, 1.165) is 0 Å². The number of carbonyl (C=O) groups is 1. The Morgan fingerprint density at radius 2 is 1.88 bits per heavy atom. The summed E-state index contributed by atoms with van der Waals surface area (Å²) in [4.78, 5) is 13.2. The van der Waals surface area contributed by atoms with Crippen LogP contribution in [0.15, 0.2) is 24.3 Å². The maximum absolute atomic E-state index is 13.2. The predicted octanol–water partition coefficient (Wildman–Crippen LogP) is 1.45. The molecule has 1 unspecified atom stereocenters. The Hall–Kier alpha value is -1.71. The second-order valence-electron chi connectivity index (χ2n) is 5.59. The molecule has 6 nitrogen and oxygen atoms in total. The molecule has 1 aliphatic rings. The van der Waals surface area contributed by atoms with Gasteiger partial charge in [-0.05, 0) is 12.1 Å². The second-order valence-corrected chi connectivity index (χ2v) is 5.59. The molecule has 0 radical (unpaired) electrons. The lowest BCUT2D eigenvalue weighted by Crippen LogP contribution is -2.57. The van der Waals surface area contributed by atoms with Crippen molar-refractivity contribution in [3.63, 3.8) is 0 Å². The third kappa shape index (κ3) is 6.54. The summed E-state index contributed by atoms with van der Waals surface area (Å²) < 4.78 is 50.1. The SMILES string of the molecule is COc1ccccc1OCC(=O)NCC(N1CCNCC1)C(F)(F)F.Cl. The highest BCUT2D eigenvalue weighted by Crippen LogP contribution is 2.26. The van der Waals surface area contributed by atoms with Gasteiger partial charge in [0.05, 0.1) is 7.11 Å². The number of methoxy groups -OCH3 is 1. The summed E-state index contributed by atoms with van der Waals surface area (Å²) in [5.41, 5.74) is 0. The largest absolute Gasteiger partial charge is 0.493 e. The van der Waals surface area contributed by atoms with E-state index in [1.54, 1.807) is 24.3 Å². The van der Waals surface area contributed by atoms with Gasteiger partial charge in [-0.2, -0.15) is 13.2 Å². The van der Waals surface area contributed by atoms with Gasteiger partial charge in [-0.25, -0.2) is 0 Å². The molecule has 0 bridgehead atoms. The van der Waals surface area contributed by atoms with E-state index in [1.165, 1.54) is 12.0 Å². The number of para-hydroxylation sites is 2. The molecule has 2 rings (SSSR count). The van der Waals surface area contributed by atoms with Gasteiger partial charge in [-0.1, -0.05) is 12.1 Å². The summed E-state index contributed by atoms with van der Waals surface area (Å²) >= 11 is 0. The number of rotatable bonds is 7. The highest BCUT2D eigenvalue weighted by Gasteiger charge is 2.43. The molecular formula is C16H23ClF3N3O3. The van der Waals surface area contributed by atoms with Gasteiger partial charge in [0, 0.05) is 32.7 Å². The summed E-state index contributed by atoms with van der Waals surface area (Å²) in [6.07, 6.45) is -4.41. The fourth-order valence-corrected chi connectivity index (χ4v) is 2.59. The van der Waals surface area contributed by atoms with Crippen LogP contribution in [0.5, 0.6) is 11.5 Å². The first-order chi connectivity index (χ1) is 11.9. The molecule has 1 fully saturated rings. The fourth-order valence-electron chi connectivity index (χ4n) is 2.59. The Morgan fingerprint density at radius 1 is 1.27 bits per heavy atom. The van der Waals surface area contributed by atoms with Crippen molar-refractivity contribution in [2.24, 2.45) is 0 Å². The van der Waals surface area contributed by atoms with Crippen molar-refractivity contribution >= 4 is 18.3 Å². The number of halogens is 4. The Balaban J connectivity index is 0.00000338. The van der Waals surface area contributed by atoms with Gasteiger partial charge < -0.3 is 20.1 Å². The summed E-state index contributed by atoms with van der Waals surface area (Å²) in [5.74, 6) is 0.189. The average molecular weight is 398 g/mol. The van der Waals surface area contributed by atoms with Crippen LogP contribution in [0, 0.1) is 0 Å². The van der Waals surface area contributed by atoms with Gasteiger partial charge in [0.25, 0.3) is 5.91 Å². The van der Waals surface area contributed by atoms with Crippen molar-refractivity contribution in [1.29, 1.82) is 0 Å². The highest BCUT2D eigenvalue weighted by atomic mass is 35.5. The average Bonchev–Trinajstić information content (AvgIpc) is 2.60. The van der Waals surface area contributed by atoms with Crippen LogP contribution in [0.25, 0.3) is 0 Å². The number of benzene rings is 1. The molecule has 2 N–H and O–H groups in total. The van der Waals surface area contributed by atoms with E-state index < -0.39 is 24.7 Å². The molecule has 1 amide bonds. The normalized spacial score (nSPS) is 16.3. The summed E-state index contributed by atoms with van der Waals surface area (Å²) in [6.45, 7) is 0.689. The molecular weight excluding hydrogens is 375 g/mol. The molecule has 1 heterocycles. The molecule has 0 aliphatic carbocycles. The zero-order valence-electron chi connectivity index (χ0n) is 14.3. The number of hydrogen-bond donors (Lipinski definition) is 2. The molecule has 1 aromatic rings. The van der Waals surface area contributed by atoms with Crippen molar-refractivity contribution in [2.75, 3.05) is 46.4 Å². The van der Waals surface area contributed by atoms with E-state index in [0.29, 0.717) is 24.6 Å². The minimum absolute atomic E-state index is 0. The highest BCUT2D eigenvalue weighted by molar-refractivity contribution is 5.85. The molecule has 1 aromatic carbocycles. The standard InChI is InChI=1S/C16H22F3N3O3.ClH/c1-24-12-4-2-3-5-13(12)25-11-15(23)21-10-14(16(17,18)19)22-8-6-20-7-9-22;/h2-5,14,20H,6-11H2,1H3,(H,21,23);1H. The number of hydrogen-bond acceptors (Lipinski definition) is 5. The van der Waals surface area contributed by atoms with E-state index in [-0.39, 0.29) is 32.1 Å². The van der Waals surface area contributed by atoms with Crippen LogP contribution in [0.2, 0.25) is 0 Å². The maximum Gasteiger partial charge on any atom is 0.405 e. The summed E-state index contributed by atoms with van der Waals surface area (Å²) in [5, 5.41) is 5.31. The Kier molecular flexibility index (Phi) is 8.97. The van der Waals surface area contributed by atoms with Gasteiger partial charge in [0.2, 0.25) is 0 Å². The number of ether oxygens (including phenoxy) is 2. The number of nitrogens with one attached hydrogen (secondary N) is 2. The van der Waals surface area contributed by atoms with Crippen LogP contribution in [0.3, 0.4) is 0 Å². The number of nitrogens with zero attached hydrogens (tertiary/aromatic N) is 1. The molecule has 1 saturated heterocycles. The van der Waals surface area contributed by atoms with Gasteiger partial charge >= 0.3 is 6.18 Å². The Bertz CT molecular complexity index is 569. The lowest BCUT2D eigenvalue weighted by Gasteiger charge is -2.35. The quantitative estimate of drug-likeness (QED) is 0.729. The molecule has 10 heteroatoms. The molecule has 1 aliphatic heterocycles. The van der Waals surface area contributed by atoms with Crippen LogP contribution in [-0.2, 0) is 4.79 Å². The van der Waals surface area contributed by atoms with Gasteiger partial charge in [-0.3, -0.25) is 9.69 Å².